The maximum Gasteiger partial charge on any atom is 0.269 e. The van der Waals surface area contributed by atoms with Crippen LogP contribution in [0.15, 0.2) is 24.3 Å². The van der Waals surface area contributed by atoms with E-state index in [2.05, 4.69) is 45.7 Å². The zero-order valence-electron chi connectivity index (χ0n) is 17.0. The summed E-state index contributed by atoms with van der Waals surface area (Å²) in [6.07, 6.45) is 3.53. The van der Waals surface area contributed by atoms with Gasteiger partial charge in [-0.15, -0.1) is 0 Å². The van der Waals surface area contributed by atoms with E-state index in [9.17, 15) is 4.79 Å². The van der Waals surface area contributed by atoms with E-state index < -0.39 is 0 Å². The van der Waals surface area contributed by atoms with Crippen LogP contribution in [0.3, 0.4) is 0 Å². The topological polar surface area (TPSA) is 75.6 Å². The van der Waals surface area contributed by atoms with E-state index in [1.165, 1.54) is 24.0 Å². The molecule has 6 heteroatoms. The van der Waals surface area contributed by atoms with Crippen molar-refractivity contribution in [1.29, 1.82) is 0 Å². The molecule has 3 aromatic rings. The molecule has 1 amide bonds. The number of hydrogen-bond donors (Lipinski definition) is 2. The normalized spacial score (nSPS) is 14.1. The second-order valence-corrected chi connectivity index (χ2v) is 7.61. The Labute approximate surface area is 165 Å². The molecule has 1 aliphatic rings. The average Bonchev–Trinajstić information content (AvgIpc) is 3.39. The van der Waals surface area contributed by atoms with Gasteiger partial charge in [-0.05, 0) is 69.7 Å². The molecule has 0 saturated heterocycles. The molecule has 1 aromatic carbocycles. The van der Waals surface area contributed by atoms with Crippen molar-refractivity contribution < 1.29 is 4.79 Å². The molecule has 0 bridgehead atoms. The van der Waals surface area contributed by atoms with Crippen LogP contribution in [0, 0.1) is 13.8 Å². The van der Waals surface area contributed by atoms with Crippen molar-refractivity contribution in [2.75, 3.05) is 0 Å². The Morgan fingerprint density at radius 1 is 1.25 bits per heavy atom. The van der Waals surface area contributed by atoms with E-state index in [-0.39, 0.29) is 11.9 Å². The Bertz CT molecular complexity index is 1030. The summed E-state index contributed by atoms with van der Waals surface area (Å²) in [4.78, 5) is 12.7. The highest BCUT2D eigenvalue weighted by atomic mass is 16.2. The Kier molecular flexibility index (Phi) is 4.79. The number of rotatable bonds is 5. The predicted octanol–water partition coefficient (Wildman–Crippen LogP) is 3.89. The van der Waals surface area contributed by atoms with E-state index in [0.29, 0.717) is 5.69 Å². The van der Waals surface area contributed by atoms with Crippen LogP contribution in [0.5, 0.6) is 0 Å². The van der Waals surface area contributed by atoms with Crippen LogP contribution >= 0.6 is 0 Å². The molecular weight excluding hydrogens is 350 g/mol. The van der Waals surface area contributed by atoms with Gasteiger partial charge in [-0.2, -0.15) is 10.2 Å². The Morgan fingerprint density at radius 3 is 2.79 bits per heavy atom. The van der Waals surface area contributed by atoms with Gasteiger partial charge in [0.15, 0.2) is 0 Å². The van der Waals surface area contributed by atoms with Crippen LogP contribution in [-0.2, 0) is 19.4 Å². The summed E-state index contributed by atoms with van der Waals surface area (Å²) < 4.78 is 1.95. The summed E-state index contributed by atoms with van der Waals surface area (Å²) in [7, 11) is 0. The fourth-order valence-electron chi connectivity index (χ4n) is 4.16. The largest absolute Gasteiger partial charge is 0.344 e. The van der Waals surface area contributed by atoms with Crippen LogP contribution in [0.4, 0.5) is 0 Å². The molecule has 0 aliphatic heterocycles. The third kappa shape index (κ3) is 3.23. The van der Waals surface area contributed by atoms with Crippen molar-refractivity contribution in [3.05, 3.63) is 58.0 Å². The zero-order chi connectivity index (χ0) is 19.8. The van der Waals surface area contributed by atoms with Crippen molar-refractivity contribution in [3.8, 4) is 11.3 Å². The van der Waals surface area contributed by atoms with E-state index >= 15 is 0 Å². The summed E-state index contributed by atoms with van der Waals surface area (Å²) in [5.41, 5.74) is 8.19. The van der Waals surface area contributed by atoms with Gasteiger partial charge in [0, 0.05) is 17.8 Å². The Balaban J connectivity index is 1.51. The zero-order valence-corrected chi connectivity index (χ0v) is 17.0. The summed E-state index contributed by atoms with van der Waals surface area (Å²) in [5.74, 6) is -0.148. The second kappa shape index (κ2) is 7.26. The van der Waals surface area contributed by atoms with Crippen LogP contribution < -0.4 is 5.32 Å². The highest BCUT2D eigenvalue weighted by molar-refractivity contribution is 5.93. The van der Waals surface area contributed by atoms with Gasteiger partial charge in [-0.1, -0.05) is 18.2 Å². The number of fused-ring (bicyclic) bond motifs is 1. The molecule has 4 rings (SSSR count). The molecule has 0 unspecified atom stereocenters. The van der Waals surface area contributed by atoms with Gasteiger partial charge >= 0.3 is 0 Å². The monoisotopic (exact) mass is 377 g/mol. The van der Waals surface area contributed by atoms with E-state index in [1.54, 1.807) is 0 Å². The quantitative estimate of drug-likeness (QED) is 0.708. The van der Waals surface area contributed by atoms with Gasteiger partial charge in [0.1, 0.15) is 5.69 Å². The molecule has 0 saturated carbocycles. The van der Waals surface area contributed by atoms with Gasteiger partial charge in [-0.25, -0.2) is 0 Å². The third-order valence-electron chi connectivity index (χ3n) is 5.73. The maximum atomic E-state index is 12.7. The number of benzene rings is 1. The van der Waals surface area contributed by atoms with E-state index in [1.807, 2.05) is 31.5 Å². The lowest BCUT2D eigenvalue weighted by Gasteiger charge is -2.15. The van der Waals surface area contributed by atoms with Crippen molar-refractivity contribution in [2.24, 2.45) is 0 Å². The molecule has 146 valence electrons. The minimum Gasteiger partial charge on any atom is -0.344 e. The number of carbonyl (C=O) groups is 1. The maximum absolute atomic E-state index is 12.7. The standard InChI is InChI=1S/C22H27N5O/c1-5-27-15(4)21(14(3)26-27)19-12-20(25-24-19)22(28)23-13(2)17-10-9-16-7-6-8-18(16)11-17/h9-13H,5-8H2,1-4H3,(H,23,28)(H,24,25)/t13-/m1/s1. The summed E-state index contributed by atoms with van der Waals surface area (Å²) >= 11 is 0. The molecule has 6 nitrogen and oxygen atoms in total. The first kappa shape index (κ1) is 18.5. The van der Waals surface area contributed by atoms with Gasteiger partial charge in [-0.3, -0.25) is 14.6 Å². The molecule has 0 radical (unpaired) electrons. The number of nitrogens with one attached hydrogen (secondary N) is 2. The average molecular weight is 377 g/mol. The lowest BCUT2D eigenvalue weighted by Crippen LogP contribution is -2.27. The highest BCUT2D eigenvalue weighted by Crippen LogP contribution is 2.27. The lowest BCUT2D eigenvalue weighted by atomic mass is 10.0. The van der Waals surface area contributed by atoms with Crippen LogP contribution in [0.1, 0.15) is 64.9 Å². The fourth-order valence-corrected chi connectivity index (χ4v) is 4.16. The summed E-state index contributed by atoms with van der Waals surface area (Å²) in [5, 5.41) is 14.9. The number of nitrogens with zero attached hydrogens (tertiary/aromatic N) is 3. The van der Waals surface area contributed by atoms with Crippen molar-refractivity contribution >= 4 is 5.91 Å². The van der Waals surface area contributed by atoms with Crippen molar-refractivity contribution in [2.45, 2.75) is 59.5 Å². The number of amides is 1. The Morgan fingerprint density at radius 2 is 2.04 bits per heavy atom. The molecule has 1 atom stereocenters. The molecule has 0 fully saturated rings. The fraction of sp³-hybridized carbons (Fsp3) is 0.409. The number of H-pyrrole nitrogens is 1. The lowest BCUT2D eigenvalue weighted by molar-refractivity contribution is 0.0935. The number of hydrogen-bond acceptors (Lipinski definition) is 3. The number of aryl methyl sites for hydroxylation is 4. The second-order valence-electron chi connectivity index (χ2n) is 7.61. The van der Waals surface area contributed by atoms with Crippen LogP contribution in [0.25, 0.3) is 11.3 Å². The first-order chi connectivity index (χ1) is 13.5. The summed E-state index contributed by atoms with van der Waals surface area (Å²) in [6, 6.07) is 8.31. The molecule has 2 N–H and O–H groups in total. The van der Waals surface area contributed by atoms with E-state index in [0.717, 1.165) is 41.2 Å². The first-order valence-electron chi connectivity index (χ1n) is 10.00. The first-order valence-corrected chi connectivity index (χ1v) is 10.00. The van der Waals surface area contributed by atoms with Gasteiger partial charge in [0.05, 0.1) is 17.4 Å². The van der Waals surface area contributed by atoms with Crippen molar-refractivity contribution in [3.63, 3.8) is 0 Å². The minimum absolute atomic E-state index is 0.0588. The van der Waals surface area contributed by atoms with Crippen LogP contribution in [-0.4, -0.2) is 25.9 Å². The van der Waals surface area contributed by atoms with Crippen LogP contribution in [0.2, 0.25) is 0 Å². The third-order valence-corrected chi connectivity index (χ3v) is 5.73. The molecule has 2 heterocycles. The smallest absolute Gasteiger partial charge is 0.269 e. The molecule has 28 heavy (non-hydrogen) atoms. The highest BCUT2D eigenvalue weighted by Gasteiger charge is 2.20. The van der Waals surface area contributed by atoms with Gasteiger partial charge in [0.25, 0.3) is 5.91 Å². The van der Waals surface area contributed by atoms with Gasteiger partial charge in [0.2, 0.25) is 0 Å². The van der Waals surface area contributed by atoms with E-state index in [4.69, 9.17) is 0 Å². The number of carbonyl (C=O) groups excluding carboxylic acids is 1. The molecule has 1 aliphatic carbocycles. The van der Waals surface area contributed by atoms with Gasteiger partial charge < -0.3 is 5.32 Å². The number of aromatic amines is 1. The minimum atomic E-state index is -0.148. The molecular formula is C22H27N5O. The SMILES string of the molecule is CCn1nc(C)c(-c2cc(C(=O)N[C@H](C)c3ccc4c(c3)CCC4)[nH]n2)c1C. The Hall–Kier alpha value is -2.89. The van der Waals surface area contributed by atoms with Crippen molar-refractivity contribution in [1.82, 2.24) is 25.3 Å². The predicted molar refractivity (Wildman–Crippen MR) is 109 cm³/mol. The molecule has 2 aromatic heterocycles. The summed E-state index contributed by atoms with van der Waals surface area (Å²) in [6.45, 7) is 8.89. The number of aromatic nitrogens is 4. The molecule has 0 spiro atoms.